The number of imide groups is 1. The summed E-state index contributed by atoms with van der Waals surface area (Å²) in [5.74, 6) is -2.32. The maximum Gasteiger partial charge on any atom is 0.337 e. The lowest BCUT2D eigenvalue weighted by Crippen LogP contribution is -2.37. The second-order valence-corrected chi connectivity index (χ2v) is 7.77. The Hall–Kier alpha value is -4.17. The van der Waals surface area contributed by atoms with Gasteiger partial charge < -0.3 is 9.84 Å². The van der Waals surface area contributed by atoms with Gasteiger partial charge >= 0.3 is 5.97 Å². The minimum Gasteiger partial charge on any atom is -0.508 e. The van der Waals surface area contributed by atoms with Crippen LogP contribution in [0.4, 0.5) is 11.4 Å². The van der Waals surface area contributed by atoms with E-state index in [1.807, 2.05) is 30.3 Å². The summed E-state index contributed by atoms with van der Waals surface area (Å²) in [6.07, 6.45) is -1.05. The third-order valence-corrected chi connectivity index (χ3v) is 5.93. The number of hydrogen-bond acceptors (Lipinski definition) is 7. The van der Waals surface area contributed by atoms with Crippen LogP contribution in [0.25, 0.3) is 0 Å². The molecule has 2 fully saturated rings. The summed E-state index contributed by atoms with van der Waals surface area (Å²) in [5, 5.41) is 12.1. The molecule has 2 amide bonds. The van der Waals surface area contributed by atoms with Gasteiger partial charge in [0.2, 0.25) is 5.91 Å². The van der Waals surface area contributed by atoms with Crippen molar-refractivity contribution < 1.29 is 29.1 Å². The van der Waals surface area contributed by atoms with E-state index in [4.69, 9.17) is 9.57 Å². The first-order valence-corrected chi connectivity index (χ1v) is 10.4. The number of esters is 1. The van der Waals surface area contributed by atoms with Gasteiger partial charge in [-0.3, -0.25) is 14.4 Å². The lowest BCUT2D eigenvalue weighted by Gasteiger charge is -2.29. The van der Waals surface area contributed by atoms with Gasteiger partial charge in [0.25, 0.3) is 5.91 Å². The molecule has 2 heterocycles. The summed E-state index contributed by atoms with van der Waals surface area (Å²) in [7, 11) is 1.28. The Morgan fingerprint density at radius 1 is 0.879 bits per heavy atom. The van der Waals surface area contributed by atoms with Crippen molar-refractivity contribution in [2.75, 3.05) is 17.1 Å². The van der Waals surface area contributed by atoms with Crippen molar-refractivity contribution in [1.29, 1.82) is 0 Å². The Morgan fingerprint density at radius 2 is 1.55 bits per heavy atom. The number of phenols is 1. The first-order chi connectivity index (χ1) is 16.0. The number of rotatable bonds is 4. The monoisotopic (exact) mass is 444 g/mol. The Balaban J connectivity index is 1.54. The van der Waals surface area contributed by atoms with E-state index in [2.05, 4.69) is 0 Å². The molecule has 0 aromatic heterocycles. The molecule has 3 aromatic carbocycles. The molecule has 0 radical (unpaired) electrons. The third-order valence-electron chi connectivity index (χ3n) is 5.93. The van der Waals surface area contributed by atoms with E-state index >= 15 is 0 Å². The van der Waals surface area contributed by atoms with E-state index in [1.54, 1.807) is 18.2 Å². The lowest BCUT2D eigenvalue weighted by atomic mass is 9.90. The second-order valence-electron chi connectivity index (χ2n) is 7.77. The summed E-state index contributed by atoms with van der Waals surface area (Å²) in [6, 6.07) is 21.1. The molecule has 3 aromatic rings. The maximum atomic E-state index is 13.6. The van der Waals surface area contributed by atoms with E-state index < -0.39 is 35.8 Å². The van der Waals surface area contributed by atoms with Gasteiger partial charge in [-0.2, -0.15) is 0 Å². The van der Waals surface area contributed by atoms with E-state index in [0.29, 0.717) is 22.5 Å². The van der Waals surface area contributed by atoms with Crippen molar-refractivity contribution in [2.45, 2.75) is 12.1 Å². The highest BCUT2D eigenvalue weighted by Gasteiger charge is 2.60. The number of aromatic hydroxyl groups is 1. The Bertz CT molecular complexity index is 1230. The zero-order valence-electron chi connectivity index (χ0n) is 17.6. The molecule has 1 N–H and O–H groups in total. The molecular weight excluding hydrogens is 424 g/mol. The lowest BCUT2D eigenvalue weighted by molar-refractivity contribution is -0.126. The Kier molecular flexibility index (Phi) is 5.07. The van der Waals surface area contributed by atoms with Crippen LogP contribution in [0.1, 0.15) is 22.0 Å². The van der Waals surface area contributed by atoms with Crippen LogP contribution in [0, 0.1) is 5.92 Å². The molecular formula is C25H20N2O6. The summed E-state index contributed by atoms with van der Waals surface area (Å²) >= 11 is 0. The summed E-state index contributed by atoms with van der Waals surface area (Å²) in [6.45, 7) is 0. The maximum absolute atomic E-state index is 13.6. The van der Waals surface area contributed by atoms with Crippen molar-refractivity contribution in [1.82, 2.24) is 0 Å². The number of fused-ring (bicyclic) bond motifs is 1. The Labute approximate surface area is 189 Å². The molecule has 2 aliphatic heterocycles. The average Bonchev–Trinajstić information content (AvgIpc) is 3.35. The number of amides is 2. The van der Waals surface area contributed by atoms with Gasteiger partial charge in [0.05, 0.1) is 30.1 Å². The van der Waals surface area contributed by atoms with Crippen molar-refractivity contribution in [2.24, 2.45) is 5.92 Å². The minimum absolute atomic E-state index is 0.00816. The Morgan fingerprint density at radius 3 is 2.21 bits per heavy atom. The number of para-hydroxylation sites is 2. The number of nitrogens with zero attached hydrogens (tertiary/aromatic N) is 2. The number of hydroxylamine groups is 1. The van der Waals surface area contributed by atoms with E-state index in [0.717, 1.165) is 4.90 Å². The van der Waals surface area contributed by atoms with Crippen LogP contribution in [0.15, 0.2) is 78.9 Å². The fourth-order valence-corrected chi connectivity index (χ4v) is 4.39. The normalized spacial score (nSPS) is 21.9. The molecule has 3 atom stereocenters. The van der Waals surface area contributed by atoms with E-state index in [9.17, 15) is 19.5 Å². The SMILES string of the molecule is COC(=O)c1ccc(N2C(=O)[C@H]3[C@H](ON(c4ccccc4)[C@@H]3c3ccccc3O)C2=O)cc1. The van der Waals surface area contributed by atoms with E-state index in [1.165, 1.54) is 42.5 Å². The zero-order valence-corrected chi connectivity index (χ0v) is 17.6. The van der Waals surface area contributed by atoms with Gasteiger partial charge in [0.1, 0.15) is 11.7 Å². The van der Waals surface area contributed by atoms with Crippen molar-refractivity contribution in [3.05, 3.63) is 90.0 Å². The molecule has 0 spiro atoms. The number of anilines is 2. The minimum atomic E-state index is -1.05. The highest BCUT2D eigenvalue weighted by molar-refractivity contribution is 6.24. The molecule has 0 unspecified atom stereocenters. The van der Waals surface area contributed by atoms with Gasteiger partial charge in [0, 0.05) is 5.56 Å². The van der Waals surface area contributed by atoms with Crippen LogP contribution < -0.4 is 9.96 Å². The summed E-state index contributed by atoms with van der Waals surface area (Å²) in [5.41, 5.74) is 1.78. The van der Waals surface area contributed by atoms with E-state index in [-0.39, 0.29) is 5.75 Å². The standard InChI is InChI=1S/C25H20N2O6/c1-32-25(31)15-11-13-16(14-12-15)26-23(29)20-21(18-9-5-6-10-19(18)28)27(33-22(20)24(26)30)17-7-3-2-4-8-17/h2-14,20-22,28H,1H3/t20-,21-,22+/m1/s1. The molecule has 166 valence electrons. The molecule has 0 aliphatic carbocycles. The zero-order chi connectivity index (χ0) is 23.1. The van der Waals surface area contributed by atoms with Gasteiger partial charge in [-0.1, -0.05) is 36.4 Å². The van der Waals surface area contributed by atoms with Crippen molar-refractivity contribution >= 4 is 29.2 Å². The molecule has 8 heteroatoms. The third kappa shape index (κ3) is 3.32. The number of methoxy groups -OCH3 is 1. The summed E-state index contributed by atoms with van der Waals surface area (Å²) < 4.78 is 4.70. The molecule has 2 saturated heterocycles. The van der Waals surface area contributed by atoms with Crippen LogP contribution in [-0.2, 0) is 19.2 Å². The first-order valence-electron chi connectivity index (χ1n) is 10.4. The first kappa shape index (κ1) is 20.7. The molecule has 0 bridgehead atoms. The molecule has 33 heavy (non-hydrogen) atoms. The fourth-order valence-electron chi connectivity index (χ4n) is 4.39. The average molecular weight is 444 g/mol. The fraction of sp³-hybridized carbons (Fsp3) is 0.160. The summed E-state index contributed by atoms with van der Waals surface area (Å²) in [4.78, 5) is 45.7. The highest BCUT2D eigenvalue weighted by atomic mass is 16.7. The van der Waals surface area contributed by atoms with Crippen LogP contribution in [0.3, 0.4) is 0 Å². The number of benzene rings is 3. The number of ether oxygens (including phenoxy) is 1. The quantitative estimate of drug-likeness (QED) is 0.488. The number of phenolic OH excluding ortho intramolecular Hbond substituents is 1. The van der Waals surface area contributed by atoms with Crippen LogP contribution in [0.2, 0.25) is 0 Å². The molecule has 5 rings (SSSR count). The molecule has 8 nitrogen and oxygen atoms in total. The van der Waals surface area contributed by atoms with Crippen molar-refractivity contribution in [3.8, 4) is 5.75 Å². The molecule has 2 aliphatic rings. The largest absolute Gasteiger partial charge is 0.508 e. The highest BCUT2D eigenvalue weighted by Crippen LogP contribution is 2.49. The van der Waals surface area contributed by atoms with Gasteiger partial charge in [-0.05, 0) is 42.5 Å². The van der Waals surface area contributed by atoms with Crippen LogP contribution >= 0.6 is 0 Å². The van der Waals surface area contributed by atoms with Gasteiger partial charge in [0.15, 0.2) is 6.10 Å². The number of carbonyl (C=O) groups excluding carboxylic acids is 3. The predicted molar refractivity (Wildman–Crippen MR) is 118 cm³/mol. The molecule has 0 saturated carbocycles. The smallest absolute Gasteiger partial charge is 0.337 e. The topological polar surface area (TPSA) is 96.4 Å². The predicted octanol–water partition coefficient (Wildman–Crippen LogP) is 3.23. The van der Waals surface area contributed by atoms with Crippen molar-refractivity contribution in [3.63, 3.8) is 0 Å². The van der Waals surface area contributed by atoms with Crippen LogP contribution in [-0.4, -0.2) is 36.1 Å². The second kappa shape index (κ2) is 8.07. The number of hydrogen-bond donors (Lipinski definition) is 1. The van der Waals surface area contributed by atoms with Gasteiger partial charge in [-0.25, -0.2) is 14.8 Å². The van der Waals surface area contributed by atoms with Gasteiger partial charge in [-0.15, -0.1) is 0 Å². The number of carbonyl (C=O) groups is 3. The van der Waals surface area contributed by atoms with Crippen LogP contribution in [0.5, 0.6) is 5.75 Å².